The Hall–Kier alpha value is -1.68. The second-order valence-electron chi connectivity index (χ2n) is 4.93. The first-order valence-corrected chi connectivity index (χ1v) is 6.84. The summed E-state index contributed by atoms with van der Waals surface area (Å²) in [7, 11) is 0. The summed E-state index contributed by atoms with van der Waals surface area (Å²) in [5, 5.41) is 8.05. The molecule has 0 radical (unpaired) electrons. The fourth-order valence-electron chi connectivity index (χ4n) is 2.12. The van der Waals surface area contributed by atoms with Crippen molar-refractivity contribution in [3.8, 4) is 0 Å². The molecule has 2 rings (SSSR count). The number of nitrogens with one attached hydrogen (secondary N) is 2. The van der Waals surface area contributed by atoms with E-state index in [1.165, 1.54) is 16.7 Å². The fraction of sp³-hybridized carbons (Fsp3) is 0.333. The van der Waals surface area contributed by atoms with Crippen molar-refractivity contribution in [2.24, 2.45) is 5.10 Å². The molecule has 0 atom stereocenters. The highest BCUT2D eigenvalue weighted by atomic mass is 32.1. The number of anilines is 1. The first kappa shape index (κ1) is 13.7. The molecule has 100 valence electrons. The lowest BCUT2D eigenvalue weighted by Crippen LogP contribution is -2.25. The Morgan fingerprint density at radius 1 is 1.16 bits per heavy atom. The summed E-state index contributed by atoms with van der Waals surface area (Å²) in [6.07, 6.45) is 4.19. The lowest BCUT2D eigenvalue weighted by atomic mass is 10.1. The Balaban J connectivity index is 1.99. The zero-order valence-electron chi connectivity index (χ0n) is 11.6. The van der Waals surface area contributed by atoms with E-state index in [1.807, 2.05) is 6.07 Å². The molecule has 0 unspecified atom stereocenters. The Labute approximate surface area is 119 Å². The topological polar surface area (TPSA) is 36.4 Å². The molecular formula is C15H19N3S. The Bertz CT molecular complexity index is 538. The molecule has 0 amide bonds. The van der Waals surface area contributed by atoms with Gasteiger partial charge in [0.1, 0.15) is 0 Å². The number of hydrogen-bond donors (Lipinski definition) is 2. The summed E-state index contributed by atoms with van der Waals surface area (Å²) in [6, 6.07) is 6.17. The summed E-state index contributed by atoms with van der Waals surface area (Å²) in [5.41, 5.74) is 8.74. The van der Waals surface area contributed by atoms with E-state index in [9.17, 15) is 0 Å². The number of aryl methyl sites for hydroxylation is 2. The number of nitrogens with zero attached hydrogens (tertiary/aromatic N) is 1. The summed E-state index contributed by atoms with van der Waals surface area (Å²) >= 11 is 5.27. The zero-order valence-corrected chi connectivity index (χ0v) is 12.4. The highest BCUT2D eigenvalue weighted by molar-refractivity contribution is 7.80. The van der Waals surface area contributed by atoms with Crippen LogP contribution in [0.3, 0.4) is 0 Å². The average molecular weight is 273 g/mol. The van der Waals surface area contributed by atoms with Crippen LogP contribution < -0.4 is 10.7 Å². The van der Waals surface area contributed by atoms with Crippen molar-refractivity contribution in [1.82, 2.24) is 5.43 Å². The number of hydrogen-bond acceptors (Lipinski definition) is 2. The van der Waals surface area contributed by atoms with E-state index in [0.29, 0.717) is 5.11 Å². The lowest BCUT2D eigenvalue weighted by Gasteiger charge is -2.12. The van der Waals surface area contributed by atoms with Gasteiger partial charge >= 0.3 is 0 Å². The van der Waals surface area contributed by atoms with E-state index in [4.69, 9.17) is 12.2 Å². The molecule has 0 aromatic heterocycles. The molecule has 0 aliphatic heterocycles. The van der Waals surface area contributed by atoms with Crippen LogP contribution in [0, 0.1) is 13.8 Å². The first-order valence-electron chi connectivity index (χ1n) is 6.43. The van der Waals surface area contributed by atoms with Crippen LogP contribution in [0.4, 0.5) is 5.69 Å². The molecule has 1 aliphatic carbocycles. The molecule has 19 heavy (non-hydrogen) atoms. The molecule has 1 aliphatic rings. The maximum Gasteiger partial charge on any atom is 0.191 e. The van der Waals surface area contributed by atoms with E-state index in [2.05, 4.69) is 54.8 Å². The monoisotopic (exact) mass is 273 g/mol. The molecule has 1 aromatic rings. The largest absolute Gasteiger partial charge is 0.331 e. The zero-order chi connectivity index (χ0) is 13.8. The van der Waals surface area contributed by atoms with E-state index in [-0.39, 0.29) is 0 Å². The smallest absolute Gasteiger partial charge is 0.191 e. The minimum atomic E-state index is 0.530. The van der Waals surface area contributed by atoms with Crippen LogP contribution in [0.5, 0.6) is 0 Å². The van der Waals surface area contributed by atoms with E-state index in [0.717, 1.165) is 24.2 Å². The third kappa shape index (κ3) is 3.64. The maximum atomic E-state index is 5.27. The highest BCUT2D eigenvalue weighted by Gasteiger charge is 2.07. The third-order valence-electron chi connectivity index (χ3n) is 3.21. The van der Waals surface area contributed by atoms with Crippen LogP contribution in [0.2, 0.25) is 0 Å². The van der Waals surface area contributed by atoms with Gasteiger partial charge in [0, 0.05) is 5.69 Å². The molecule has 3 nitrogen and oxygen atoms in total. The quantitative estimate of drug-likeness (QED) is 0.637. The average Bonchev–Trinajstić information content (AvgIpc) is 2.77. The van der Waals surface area contributed by atoms with Crippen molar-refractivity contribution in [2.45, 2.75) is 33.6 Å². The Kier molecular flexibility index (Phi) is 4.32. The number of thiocarbonyl (C=S) groups is 1. The molecule has 0 heterocycles. The van der Waals surface area contributed by atoms with Crippen LogP contribution in [-0.4, -0.2) is 10.8 Å². The molecular weight excluding hydrogens is 254 g/mol. The van der Waals surface area contributed by atoms with Crippen LogP contribution in [0.15, 0.2) is 34.9 Å². The van der Waals surface area contributed by atoms with Gasteiger partial charge in [0.25, 0.3) is 0 Å². The van der Waals surface area contributed by atoms with Crippen LogP contribution >= 0.6 is 12.2 Å². The summed E-state index contributed by atoms with van der Waals surface area (Å²) < 4.78 is 0. The number of benzene rings is 1. The van der Waals surface area contributed by atoms with Gasteiger partial charge in [-0.05, 0) is 63.0 Å². The van der Waals surface area contributed by atoms with E-state index in [1.54, 1.807) is 0 Å². The van der Waals surface area contributed by atoms with Crippen LogP contribution in [0.25, 0.3) is 0 Å². The minimum absolute atomic E-state index is 0.530. The van der Waals surface area contributed by atoms with Gasteiger partial charge < -0.3 is 5.32 Å². The Morgan fingerprint density at radius 2 is 1.84 bits per heavy atom. The molecule has 0 saturated carbocycles. The van der Waals surface area contributed by atoms with Gasteiger partial charge in [0.2, 0.25) is 0 Å². The van der Waals surface area contributed by atoms with Gasteiger partial charge in [0.15, 0.2) is 5.11 Å². The molecule has 0 saturated heterocycles. The number of allylic oxidation sites excluding steroid dienone is 2. The lowest BCUT2D eigenvalue weighted by molar-refractivity contribution is 1.00. The molecule has 2 N–H and O–H groups in total. The second kappa shape index (κ2) is 5.97. The molecule has 4 heteroatoms. The van der Waals surface area contributed by atoms with E-state index >= 15 is 0 Å². The minimum Gasteiger partial charge on any atom is -0.331 e. The number of para-hydroxylation sites is 1. The molecule has 1 aromatic carbocycles. The highest BCUT2D eigenvalue weighted by Crippen LogP contribution is 2.19. The summed E-state index contributed by atoms with van der Waals surface area (Å²) in [4.78, 5) is 0. The van der Waals surface area contributed by atoms with Gasteiger partial charge in [-0.25, -0.2) is 0 Å². The van der Waals surface area contributed by atoms with Gasteiger partial charge in [-0.2, -0.15) is 5.10 Å². The van der Waals surface area contributed by atoms with Crippen molar-refractivity contribution in [3.05, 3.63) is 41.0 Å². The SMILES string of the molecule is CC1=C/C(=N\NC(=S)Nc2c(C)cccc2C)CC1. The van der Waals surface area contributed by atoms with Gasteiger partial charge in [-0.3, -0.25) is 5.43 Å². The maximum absolute atomic E-state index is 5.27. The third-order valence-corrected chi connectivity index (χ3v) is 3.40. The predicted octanol–water partition coefficient (Wildman–Crippen LogP) is 3.69. The van der Waals surface area contributed by atoms with Crippen molar-refractivity contribution >= 4 is 28.7 Å². The van der Waals surface area contributed by atoms with Gasteiger partial charge in [-0.1, -0.05) is 23.8 Å². The fourth-order valence-corrected chi connectivity index (χ4v) is 2.27. The van der Waals surface area contributed by atoms with Crippen molar-refractivity contribution in [1.29, 1.82) is 0 Å². The van der Waals surface area contributed by atoms with Gasteiger partial charge in [0.05, 0.1) is 5.71 Å². The van der Waals surface area contributed by atoms with E-state index < -0.39 is 0 Å². The second-order valence-corrected chi connectivity index (χ2v) is 5.33. The van der Waals surface area contributed by atoms with Crippen molar-refractivity contribution in [2.75, 3.05) is 5.32 Å². The first-order chi connectivity index (χ1) is 9.06. The van der Waals surface area contributed by atoms with Crippen molar-refractivity contribution in [3.63, 3.8) is 0 Å². The van der Waals surface area contributed by atoms with Crippen LogP contribution in [-0.2, 0) is 0 Å². The van der Waals surface area contributed by atoms with Crippen LogP contribution in [0.1, 0.15) is 30.9 Å². The molecule has 0 fully saturated rings. The van der Waals surface area contributed by atoms with Gasteiger partial charge in [-0.15, -0.1) is 0 Å². The number of rotatable bonds is 2. The predicted molar refractivity (Wildman–Crippen MR) is 85.7 cm³/mol. The van der Waals surface area contributed by atoms with Crippen molar-refractivity contribution < 1.29 is 0 Å². The normalized spacial score (nSPS) is 16.4. The standard InChI is InChI=1S/C15H19N3S/c1-10-7-8-13(9-10)17-18-15(19)16-14-11(2)5-4-6-12(14)3/h4-6,9H,7-8H2,1-3H3,(H2,16,18,19)/b17-13-. The summed E-state index contributed by atoms with van der Waals surface area (Å²) in [6.45, 7) is 6.25. The molecule has 0 spiro atoms. The summed E-state index contributed by atoms with van der Waals surface area (Å²) in [5.74, 6) is 0. The molecule has 0 bridgehead atoms. The Morgan fingerprint density at radius 3 is 2.42 bits per heavy atom. The number of hydrazone groups is 1.